The maximum absolute atomic E-state index is 14.0. The number of aliphatic hydroxyl groups is 1. The molecule has 4 unspecified atom stereocenters. The van der Waals surface area contributed by atoms with Gasteiger partial charge in [-0.25, -0.2) is 13.7 Å². The van der Waals surface area contributed by atoms with E-state index >= 15 is 0 Å². The van der Waals surface area contributed by atoms with Crippen molar-refractivity contribution in [3.63, 3.8) is 0 Å². The molecule has 3 heterocycles. The Morgan fingerprint density at radius 2 is 0.741 bits per heavy atom. The highest BCUT2D eigenvalue weighted by molar-refractivity contribution is 7.53. The lowest BCUT2D eigenvalue weighted by Gasteiger charge is -2.30. The van der Waals surface area contributed by atoms with Crippen LogP contribution in [-0.4, -0.2) is 192 Å². The Kier molecular flexibility index (Phi) is 20.1. The van der Waals surface area contributed by atoms with Gasteiger partial charge in [0, 0.05) is 88.2 Å². The van der Waals surface area contributed by atoms with Crippen molar-refractivity contribution in [2.24, 2.45) is 14.3 Å². The van der Waals surface area contributed by atoms with Crippen LogP contribution in [0.2, 0.25) is 0 Å². The SMILES string of the molecule is CN1CCN(C)C1=NP(=O)(OCCCO)OCCCOP(=O)(N=C1N(C)CCN1C)OCCCOP(=O)(N=C1N(C)CCN1C)OCCCOP(=O)([O-])OC(C)(C)C. The van der Waals surface area contributed by atoms with E-state index in [0.29, 0.717) is 57.1 Å². The first-order valence-electron chi connectivity index (χ1n) is 19.1. The highest BCUT2D eigenvalue weighted by atomic mass is 31.2. The maximum atomic E-state index is 14.0. The van der Waals surface area contributed by atoms with Gasteiger partial charge < -0.3 is 48.4 Å². The summed E-state index contributed by atoms with van der Waals surface area (Å²) in [5.41, 5.74) is -0.966. The van der Waals surface area contributed by atoms with Crippen molar-refractivity contribution in [2.45, 2.75) is 52.1 Å². The number of hydrogen-bond acceptors (Lipinski definition) is 14. The van der Waals surface area contributed by atoms with Gasteiger partial charge >= 0.3 is 23.2 Å². The van der Waals surface area contributed by atoms with Crippen LogP contribution in [0, 0.1) is 0 Å². The van der Waals surface area contributed by atoms with E-state index in [0.717, 1.165) is 0 Å². The lowest BCUT2D eigenvalue weighted by Crippen LogP contribution is -2.28. The Balaban J connectivity index is 1.61. The largest absolute Gasteiger partial charge is 0.756 e. The summed E-state index contributed by atoms with van der Waals surface area (Å²) in [5, 5.41) is 9.19. The summed E-state index contributed by atoms with van der Waals surface area (Å²) in [7, 11) is -6.04. The zero-order chi connectivity index (χ0) is 43.2. The van der Waals surface area contributed by atoms with Gasteiger partial charge in [-0.1, -0.05) is 0 Å². The van der Waals surface area contributed by atoms with Crippen molar-refractivity contribution < 1.29 is 64.5 Å². The van der Waals surface area contributed by atoms with Crippen LogP contribution in [0.25, 0.3) is 0 Å². The van der Waals surface area contributed by atoms with Gasteiger partial charge in [0.05, 0.1) is 51.8 Å². The molecule has 0 amide bonds. The molecule has 0 saturated carbocycles. The number of nitrogens with zero attached hydrogens (tertiary/aromatic N) is 9. The second kappa shape index (κ2) is 23.0. The number of phosphoric ester groups is 1. The van der Waals surface area contributed by atoms with Gasteiger partial charge in [-0.05, 0) is 46.5 Å². The van der Waals surface area contributed by atoms with Crippen LogP contribution in [0.3, 0.4) is 0 Å². The monoisotopic (exact) mass is 910 g/mol. The number of likely N-dealkylation sites (N-methyl/N-ethyl adjacent to an activating group) is 6. The molecule has 58 heavy (non-hydrogen) atoms. The van der Waals surface area contributed by atoms with Crippen LogP contribution in [0.5, 0.6) is 0 Å². The molecule has 0 aromatic carbocycles. The highest BCUT2D eigenvalue weighted by Crippen LogP contribution is 2.54. The second-order valence-electron chi connectivity index (χ2n) is 14.8. The third-order valence-corrected chi connectivity index (χ3v) is 13.9. The molecule has 0 bridgehead atoms. The van der Waals surface area contributed by atoms with E-state index in [1.165, 1.54) is 0 Å². The normalized spacial score (nSPS) is 20.8. The van der Waals surface area contributed by atoms with Crippen LogP contribution in [-0.2, 0) is 54.5 Å². The van der Waals surface area contributed by atoms with E-state index in [4.69, 9.17) is 36.2 Å². The third kappa shape index (κ3) is 17.4. The van der Waals surface area contributed by atoms with Gasteiger partial charge in [0.1, 0.15) is 0 Å². The quantitative estimate of drug-likeness (QED) is 0.0969. The molecule has 3 fully saturated rings. The van der Waals surface area contributed by atoms with E-state index in [2.05, 4.69) is 14.3 Å². The maximum Gasteiger partial charge on any atom is 0.457 e. The minimum Gasteiger partial charge on any atom is -0.756 e. The molecule has 338 valence electrons. The summed E-state index contributed by atoms with van der Waals surface area (Å²) >= 11 is 0. The minimum atomic E-state index is -4.57. The Morgan fingerprint density at radius 1 is 0.500 bits per heavy atom. The molecule has 23 nitrogen and oxygen atoms in total. The average Bonchev–Trinajstić information content (AvgIpc) is 3.73. The molecule has 3 saturated heterocycles. The molecule has 0 aromatic rings. The summed E-state index contributed by atoms with van der Waals surface area (Å²) in [6.07, 6.45) is 0.495. The van der Waals surface area contributed by atoms with Crippen molar-refractivity contribution >= 4 is 48.9 Å². The third-order valence-electron chi connectivity index (χ3n) is 8.33. The average molecular weight is 911 g/mol. The molecule has 3 aliphatic rings. The molecule has 3 rings (SSSR count). The molecule has 3 aliphatic heterocycles. The van der Waals surface area contributed by atoms with Crippen molar-refractivity contribution in [3.8, 4) is 0 Å². The number of hydrogen-bond donors (Lipinski definition) is 1. The smallest absolute Gasteiger partial charge is 0.457 e. The predicted molar refractivity (Wildman–Crippen MR) is 217 cm³/mol. The molecule has 1 N–H and O–H groups in total. The minimum absolute atomic E-state index is 0.0295. The van der Waals surface area contributed by atoms with Crippen molar-refractivity contribution in [2.75, 3.05) is 134 Å². The lowest BCUT2D eigenvalue weighted by molar-refractivity contribution is -0.233. The van der Waals surface area contributed by atoms with Crippen LogP contribution in [0.15, 0.2) is 14.3 Å². The zero-order valence-electron chi connectivity index (χ0n) is 35.3. The van der Waals surface area contributed by atoms with Crippen LogP contribution < -0.4 is 4.89 Å². The number of guanidine groups is 3. The van der Waals surface area contributed by atoms with E-state index in [1.807, 2.05) is 33.7 Å². The van der Waals surface area contributed by atoms with Crippen molar-refractivity contribution in [1.29, 1.82) is 0 Å². The number of phosphoric acid groups is 1. The lowest BCUT2D eigenvalue weighted by atomic mass is 10.2. The Labute approximate surface area is 343 Å². The second-order valence-corrected chi connectivity index (χ2v) is 21.1. The van der Waals surface area contributed by atoms with Crippen molar-refractivity contribution in [1.82, 2.24) is 29.4 Å². The number of aliphatic hydroxyl groups excluding tert-OH is 1. The first-order valence-corrected chi connectivity index (χ1v) is 25.1. The first kappa shape index (κ1) is 50.7. The topological polar surface area (TPSA) is 242 Å². The Morgan fingerprint density at radius 3 is 0.983 bits per heavy atom. The van der Waals surface area contributed by atoms with E-state index in [9.17, 15) is 28.3 Å². The van der Waals surface area contributed by atoms with Crippen molar-refractivity contribution in [3.05, 3.63) is 0 Å². The summed E-state index contributed by atoms with van der Waals surface area (Å²) in [6, 6.07) is 0. The molecule has 0 aromatic heterocycles. The highest BCUT2D eigenvalue weighted by Gasteiger charge is 2.34. The fourth-order valence-corrected chi connectivity index (χ4v) is 10.7. The van der Waals surface area contributed by atoms with Gasteiger partial charge in [-0.3, -0.25) is 31.7 Å². The van der Waals surface area contributed by atoms with Gasteiger partial charge in [0.2, 0.25) is 17.9 Å². The summed E-state index contributed by atoms with van der Waals surface area (Å²) in [4.78, 5) is 23.0. The van der Waals surface area contributed by atoms with Gasteiger partial charge in [-0.2, -0.15) is 0 Å². The molecular weight excluding hydrogens is 846 g/mol. The Bertz CT molecular complexity index is 1570. The van der Waals surface area contributed by atoms with Crippen LogP contribution in [0.4, 0.5) is 0 Å². The van der Waals surface area contributed by atoms with E-state index in [1.54, 1.807) is 58.8 Å². The molecule has 0 radical (unpaired) electrons. The van der Waals surface area contributed by atoms with Gasteiger partial charge in [0.25, 0.3) is 7.82 Å². The van der Waals surface area contributed by atoms with E-state index in [-0.39, 0.29) is 78.5 Å². The molecule has 4 atom stereocenters. The Hall–Kier alpha value is -1.67. The number of rotatable bonds is 26. The van der Waals surface area contributed by atoms with Crippen LogP contribution in [0.1, 0.15) is 46.5 Å². The van der Waals surface area contributed by atoms with Gasteiger partial charge in [0.15, 0.2) is 0 Å². The molecular formula is C31H64N9O14P4-. The predicted octanol–water partition coefficient (Wildman–Crippen LogP) is 2.96. The fourth-order valence-electron chi connectivity index (χ4n) is 5.30. The fraction of sp³-hybridized carbons (Fsp3) is 0.903. The first-order chi connectivity index (χ1) is 27.1. The summed E-state index contributed by atoms with van der Waals surface area (Å²) in [5.74, 6) is 1.24. The summed E-state index contributed by atoms with van der Waals surface area (Å²) in [6.45, 7) is 7.36. The standard InChI is InChI=1S/C31H65N9O14P4/c1-31(2,3)54-58(45,46)53-27-13-26-52-57(44,34-30-39(8)18-19-40(30)9)51-25-12-24-50-56(43,33-29-37(6)16-17-38(29)7)49-23-11-22-48-55(42,47-21-10-20-41)32-28-35(4)14-15-36(28)5/h41H,10-27H2,1-9H3,(H,45,46)/p-1. The molecule has 27 heteroatoms. The molecule has 0 aliphatic carbocycles. The molecule has 0 spiro atoms. The zero-order valence-corrected chi connectivity index (χ0v) is 38.9. The van der Waals surface area contributed by atoms with E-state index < -0.39 is 36.7 Å². The van der Waals surface area contributed by atoms with Gasteiger partial charge in [-0.15, -0.1) is 14.3 Å². The summed E-state index contributed by atoms with van der Waals surface area (Å²) < 4.78 is 110. The van der Waals surface area contributed by atoms with Crippen LogP contribution >= 0.6 is 31.1 Å².